The molecule has 0 aliphatic carbocycles. The number of methoxy groups -OCH3 is 1. The van der Waals surface area contributed by atoms with Crippen LogP contribution < -0.4 is 4.74 Å². The first kappa shape index (κ1) is 20.1. The summed E-state index contributed by atoms with van der Waals surface area (Å²) in [5.41, 5.74) is 0. The Labute approximate surface area is 164 Å². The van der Waals surface area contributed by atoms with Crippen LogP contribution in [0, 0.1) is 0 Å². The number of halogens is 1. The van der Waals surface area contributed by atoms with Gasteiger partial charge >= 0.3 is 0 Å². The van der Waals surface area contributed by atoms with Gasteiger partial charge in [0.25, 0.3) is 0 Å². The molecule has 0 N–H and O–H groups in total. The average Bonchev–Trinajstić information content (AvgIpc) is 2.68. The van der Waals surface area contributed by atoms with E-state index in [2.05, 4.69) is 0 Å². The lowest BCUT2D eigenvalue weighted by Crippen LogP contribution is -2.42. The highest BCUT2D eigenvalue weighted by atomic mass is 35.5. The first-order valence-electron chi connectivity index (χ1n) is 8.39. The van der Waals surface area contributed by atoms with E-state index in [1.54, 1.807) is 24.3 Å². The van der Waals surface area contributed by atoms with Crippen LogP contribution in [0.2, 0.25) is 5.02 Å². The van der Waals surface area contributed by atoms with Gasteiger partial charge in [-0.25, -0.2) is 16.8 Å². The van der Waals surface area contributed by atoms with Crippen LogP contribution in [0.3, 0.4) is 0 Å². The van der Waals surface area contributed by atoms with E-state index >= 15 is 0 Å². The van der Waals surface area contributed by atoms with Crippen molar-refractivity contribution in [2.45, 2.75) is 27.9 Å². The third-order valence-corrected chi connectivity index (χ3v) is 9.07. The van der Waals surface area contributed by atoms with Crippen LogP contribution in [-0.2, 0) is 19.9 Å². The Kier molecular flexibility index (Phi) is 5.81. The molecule has 0 unspecified atom stereocenters. The third-order valence-electron chi connectivity index (χ3n) is 4.66. The Morgan fingerprint density at radius 1 is 0.963 bits per heavy atom. The fraction of sp³-hybridized carbons (Fsp3) is 0.333. The summed E-state index contributed by atoms with van der Waals surface area (Å²) in [6, 6.07) is 12.3. The zero-order valence-electron chi connectivity index (χ0n) is 14.7. The van der Waals surface area contributed by atoms with Gasteiger partial charge < -0.3 is 4.74 Å². The molecule has 1 fully saturated rings. The van der Waals surface area contributed by atoms with E-state index in [0.717, 1.165) is 0 Å². The SMILES string of the molecule is COc1ccc(S(=O)(=O)C2CCN(S(=O)(=O)c3cccc(Cl)c3)CC2)cc1. The van der Waals surface area contributed by atoms with E-state index in [4.69, 9.17) is 16.3 Å². The number of piperidine rings is 1. The summed E-state index contributed by atoms with van der Waals surface area (Å²) in [4.78, 5) is 0.339. The van der Waals surface area contributed by atoms with Crippen molar-refractivity contribution in [1.82, 2.24) is 4.31 Å². The summed E-state index contributed by atoms with van der Waals surface area (Å²) in [5, 5.41) is -0.273. The quantitative estimate of drug-likeness (QED) is 0.729. The fourth-order valence-electron chi connectivity index (χ4n) is 3.12. The summed E-state index contributed by atoms with van der Waals surface area (Å²) >= 11 is 5.89. The minimum absolute atomic E-state index is 0.117. The predicted molar refractivity (Wildman–Crippen MR) is 103 cm³/mol. The molecule has 1 heterocycles. The number of hydrogen-bond acceptors (Lipinski definition) is 5. The highest BCUT2D eigenvalue weighted by Crippen LogP contribution is 2.29. The fourth-order valence-corrected chi connectivity index (χ4v) is 6.62. The molecule has 0 saturated carbocycles. The van der Waals surface area contributed by atoms with Gasteiger partial charge in [0.2, 0.25) is 10.0 Å². The molecule has 1 saturated heterocycles. The van der Waals surface area contributed by atoms with Crippen LogP contribution in [0.4, 0.5) is 0 Å². The Morgan fingerprint density at radius 2 is 1.59 bits per heavy atom. The van der Waals surface area contributed by atoms with Crippen molar-refractivity contribution >= 4 is 31.5 Å². The molecule has 6 nitrogen and oxygen atoms in total. The van der Waals surface area contributed by atoms with E-state index in [1.165, 1.54) is 35.7 Å². The molecule has 0 bridgehead atoms. The number of benzene rings is 2. The molecule has 1 aliphatic rings. The molecular weight excluding hydrogens is 410 g/mol. The molecule has 2 aromatic rings. The Balaban J connectivity index is 1.74. The highest BCUT2D eigenvalue weighted by Gasteiger charge is 2.35. The topological polar surface area (TPSA) is 80.8 Å². The van der Waals surface area contributed by atoms with E-state index < -0.39 is 25.1 Å². The van der Waals surface area contributed by atoms with E-state index in [0.29, 0.717) is 10.8 Å². The van der Waals surface area contributed by atoms with Crippen LogP contribution in [0.25, 0.3) is 0 Å². The minimum atomic E-state index is -3.69. The molecule has 0 atom stereocenters. The average molecular weight is 430 g/mol. The number of hydrogen-bond donors (Lipinski definition) is 0. The lowest BCUT2D eigenvalue weighted by Gasteiger charge is -2.31. The van der Waals surface area contributed by atoms with Crippen molar-refractivity contribution in [2.75, 3.05) is 20.2 Å². The van der Waals surface area contributed by atoms with Gasteiger partial charge in [0.15, 0.2) is 9.84 Å². The van der Waals surface area contributed by atoms with Gasteiger partial charge in [-0.3, -0.25) is 0 Å². The largest absolute Gasteiger partial charge is 0.497 e. The smallest absolute Gasteiger partial charge is 0.243 e. The van der Waals surface area contributed by atoms with Crippen LogP contribution in [0.1, 0.15) is 12.8 Å². The molecule has 0 radical (unpaired) electrons. The first-order valence-corrected chi connectivity index (χ1v) is 11.8. The molecule has 0 aromatic heterocycles. The van der Waals surface area contributed by atoms with Crippen molar-refractivity contribution in [3.8, 4) is 5.75 Å². The molecular formula is C18H20ClNO5S2. The zero-order chi connectivity index (χ0) is 19.7. The van der Waals surface area contributed by atoms with Crippen molar-refractivity contribution in [1.29, 1.82) is 0 Å². The lowest BCUT2D eigenvalue weighted by atomic mass is 10.2. The van der Waals surface area contributed by atoms with Crippen molar-refractivity contribution < 1.29 is 21.6 Å². The van der Waals surface area contributed by atoms with Crippen molar-refractivity contribution in [3.05, 3.63) is 53.6 Å². The zero-order valence-corrected chi connectivity index (χ0v) is 17.1. The number of sulfonamides is 1. The molecule has 9 heteroatoms. The highest BCUT2D eigenvalue weighted by molar-refractivity contribution is 7.92. The van der Waals surface area contributed by atoms with Gasteiger partial charge in [-0.1, -0.05) is 17.7 Å². The normalized spacial score (nSPS) is 17.0. The van der Waals surface area contributed by atoms with Crippen molar-refractivity contribution in [2.24, 2.45) is 0 Å². The number of ether oxygens (including phenoxy) is 1. The molecule has 27 heavy (non-hydrogen) atoms. The number of nitrogens with zero attached hydrogens (tertiary/aromatic N) is 1. The summed E-state index contributed by atoms with van der Waals surface area (Å²) in [6.45, 7) is 0.295. The van der Waals surface area contributed by atoms with E-state index in [-0.39, 0.29) is 35.7 Å². The Hall–Kier alpha value is -1.61. The molecule has 0 spiro atoms. The van der Waals surface area contributed by atoms with E-state index in [1.807, 2.05) is 0 Å². The molecule has 2 aromatic carbocycles. The van der Waals surface area contributed by atoms with Gasteiger partial charge in [0, 0.05) is 18.1 Å². The van der Waals surface area contributed by atoms with Crippen LogP contribution in [0.5, 0.6) is 5.75 Å². The second-order valence-corrected chi connectivity index (χ2v) is 10.9. The lowest BCUT2D eigenvalue weighted by molar-refractivity contribution is 0.345. The maximum atomic E-state index is 12.8. The predicted octanol–water partition coefficient (Wildman–Crippen LogP) is 2.98. The Morgan fingerprint density at radius 3 is 2.15 bits per heavy atom. The number of sulfone groups is 1. The third kappa shape index (κ3) is 4.13. The Bertz CT molecular complexity index is 1010. The molecule has 146 valence electrons. The minimum Gasteiger partial charge on any atom is -0.497 e. The second kappa shape index (κ2) is 7.79. The van der Waals surface area contributed by atoms with Gasteiger partial charge in [0.1, 0.15) is 5.75 Å². The van der Waals surface area contributed by atoms with Crippen LogP contribution in [-0.4, -0.2) is 46.6 Å². The maximum Gasteiger partial charge on any atom is 0.243 e. The van der Waals surface area contributed by atoms with Crippen LogP contribution >= 0.6 is 11.6 Å². The molecule has 0 amide bonds. The molecule has 1 aliphatic heterocycles. The van der Waals surface area contributed by atoms with Crippen LogP contribution in [0.15, 0.2) is 58.3 Å². The van der Waals surface area contributed by atoms with Gasteiger partial charge in [0.05, 0.1) is 22.2 Å². The summed E-state index contributed by atoms with van der Waals surface area (Å²) in [5.74, 6) is 0.580. The number of rotatable bonds is 5. The molecule has 3 rings (SSSR count). The second-order valence-electron chi connectivity index (χ2n) is 6.28. The maximum absolute atomic E-state index is 12.8. The monoisotopic (exact) mass is 429 g/mol. The van der Waals surface area contributed by atoms with Gasteiger partial charge in [-0.15, -0.1) is 0 Å². The standard InChI is InChI=1S/C18H20ClNO5S2/c1-25-15-5-7-16(8-6-15)26(21,22)17-9-11-20(12-10-17)27(23,24)18-4-2-3-14(19)13-18/h2-8,13,17H,9-12H2,1H3. The first-order chi connectivity index (χ1) is 12.7. The van der Waals surface area contributed by atoms with Gasteiger partial charge in [-0.05, 0) is 55.3 Å². The summed E-state index contributed by atoms with van der Waals surface area (Å²) in [7, 11) is -5.70. The summed E-state index contributed by atoms with van der Waals surface area (Å²) in [6.07, 6.45) is 0.488. The van der Waals surface area contributed by atoms with E-state index in [9.17, 15) is 16.8 Å². The van der Waals surface area contributed by atoms with Crippen molar-refractivity contribution in [3.63, 3.8) is 0 Å². The summed E-state index contributed by atoms with van der Waals surface area (Å²) < 4.78 is 57.5. The van der Waals surface area contributed by atoms with Gasteiger partial charge in [-0.2, -0.15) is 4.31 Å².